The Hall–Kier alpha value is -1.10. The van der Waals surface area contributed by atoms with Crippen LogP contribution in [-0.4, -0.2) is 42.9 Å². The van der Waals surface area contributed by atoms with Crippen molar-refractivity contribution < 1.29 is 9.84 Å². The zero-order chi connectivity index (χ0) is 15.0. The number of nitrogens with two attached hydrogens (primary N) is 1. The van der Waals surface area contributed by atoms with Crippen molar-refractivity contribution in [3.8, 4) is 0 Å². The van der Waals surface area contributed by atoms with Gasteiger partial charge in [0.05, 0.1) is 12.7 Å². The maximum atomic E-state index is 10.4. The van der Waals surface area contributed by atoms with Gasteiger partial charge in [0.25, 0.3) is 0 Å². The summed E-state index contributed by atoms with van der Waals surface area (Å²) in [5, 5.41) is 10.4. The summed E-state index contributed by atoms with van der Waals surface area (Å²) < 4.78 is 5.17. The molecule has 4 heteroatoms. The molecule has 1 atom stereocenters. The van der Waals surface area contributed by atoms with Crippen molar-refractivity contribution in [2.75, 3.05) is 32.5 Å². The minimum absolute atomic E-state index is 0.463. The largest absolute Gasteiger partial charge is 0.398 e. The molecular weight excluding hydrogens is 252 g/mol. The first-order valence-electron chi connectivity index (χ1n) is 7.39. The quantitative estimate of drug-likeness (QED) is 0.682. The van der Waals surface area contributed by atoms with Gasteiger partial charge in [-0.25, -0.2) is 0 Å². The zero-order valence-corrected chi connectivity index (χ0v) is 12.9. The maximum absolute atomic E-state index is 10.4. The first-order valence-corrected chi connectivity index (χ1v) is 7.39. The Morgan fingerprint density at radius 2 is 1.90 bits per heavy atom. The summed E-state index contributed by atoms with van der Waals surface area (Å²) in [5.41, 5.74) is 7.39. The molecule has 3 N–H and O–H groups in total. The van der Waals surface area contributed by atoms with Crippen LogP contribution in [0.5, 0.6) is 0 Å². The van der Waals surface area contributed by atoms with Crippen LogP contribution in [0.4, 0.5) is 5.69 Å². The van der Waals surface area contributed by atoms with E-state index in [-0.39, 0.29) is 0 Å². The average molecular weight is 280 g/mol. The Kier molecular flexibility index (Phi) is 7.59. The van der Waals surface area contributed by atoms with E-state index in [0.717, 1.165) is 24.9 Å². The van der Waals surface area contributed by atoms with E-state index in [1.54, 1.807) is 7.11 Å². The topological polar surface area (TPSA) is 58.7 Å². The first-order chi connectivity index (χ1) is 9.63. The number of nitrogens with zero attached hydrogens (tertiary/aromatic N) is 1. The van der Waals surface area contributed by atoms with Gasteiger partial charge < -0.3 is 15.6 Å². The van der Waals surface area contributed by atoms with Crippen molar-refractivity contribution in [1.29, 1.82) is 0 Å². The minimum Gasteiger partial charge on any atom is -0.398 e. The molecule has 1 aromatic rings. The normalized spacial score (nSPS) is 13.1. The number of hydrogen-bond donors (Lipinski definition) is 2. The third-order valence-electron chi connectivity index (χ3n) is 3.80. The third kappa shape index (κ3) is 4.78. The molecule has 1 aromatic carbocycles. The highest BCUT2D eigenvalue weighted by atomic mass is 16.5. The second kappa shape index (κ2) is 8.95. The van der Waals surface area contributed by atoms with Gasteiger partial charge in [0, 0.05) is 37.5 Å². The highest BCUT2D eigenvalue weighted by molar-refractivity contribution is 5.47. The number of aliphatic hydroxyl groups is 1. The number of methoxy groups -OCH3 is 1. The molecule has 0 radical (unpaired) electrons. The number of rotatable bonds is 9. The lowest BCUT2D eigenvalue weighted by atomic mass is 10.0. The van der Waals surface area contributed by atoms with Gasteiger partial charge in [0.1, 0.15) is 0 Å². The van der Waals surface area contributed by atoms with Gasteiger partial charge in [-0.15, -0.1) is 0 Å². The molecule has 0 aromatic heterocycles. The van der Waals surface area contributed by atoms with Crippen LogP contribution >= 0.6 is 0 Å². The van der Waals surface area contributed by atoms with Crippen LogP contribution in [0.1, 0.15) is 38.4 Å². The molecule has 0 bridgehead atoms. The summed E-state index contributed by atoms with van der Waals surface area (Å²) >= 11 is 0. The van der Waals surface area contributed by atoms with E-state index in [0.29, 0.717) is 24.9 Å². The van der Waals surface area contributed by atoms with Gasteiger partial charge in [-0.2, -0.15) is 0 Å². The molecule has 0 saturated carbocycles. The van der Waals surface area contributed by atoms with Crippen LogP contribution in [0.3, 0.4) is 0 Å². The first kappa shape index (κ1) is 17.0. The van der Waals surface area contributed by atoms with Crippen LogP contribution in [0.25, 0.3) is 0 Å². The number of aliphatic hydroxyl groups excluding tert-OH is 1. The van der Waals surface area contributed by atoms with Gasteiger partial charge in [-0.1, -0.05) is 32.0 Å². The molecular formula is C16H28N2O2. The maximum Gasteiger partial charge on any atom is 0.0936 e. The van der Waals surface area contributed by atoms with E-state index in [2.05, 4.69) is 18.7 Å². The van der Waals surface area contributed by atoms with Gasteiger partial charge in [-0.3, -0.25) is 4.90 Å². The highest BCUT2D eigenvalue weighted by Gasteiger charge is 2.20. The number of nitrogen functional groups attached to an aromatic ring is 1. The van der Waals surface area contributed by atoms with Crippen LogP contribution in [0, 0.1) is 0 Å². The van der Waals surface area contributed by atoms with E-state index in [1.165, 1.54) is 0 Å². The van der Waals surface area contributed by atoms with Gasteiger partial charge in [0.15, 0.2) is 0 Å². The second-order valence-corrected chi connectivity index (χ2v) is 5.10. The van der Waals surface area contributed by atoms with Crippen molar-refractivity contribution in [3.63, 3.8) is 0 Å². The van der Waals surface area contributed by atoms with Gasteiger partial charge >= 0.3 is 0 Å². The van der Waals surface area contributed by atoms with Gasteiger partial charge in [0.2, 0.25) is 0 Å². The summed E-state index contributed by atoms with van der Waals surface area (Å²) in [6.07, 6.45) is 1.57. The molecule has 114 valence electrons. The van der Waals surface area contributed by atoms with E-state index < -0.39 is 6.10 Å². The number of benzene rings is 1. The predicted octanol–water partition coefficient (Wildman–Crippen LogP) is 2.44. The number of hydrogen-bond acceptors (Lipinski definition) is 4. The molecule has 0 saturated heterocycles. The Labute approximate surface area is 122 Å². The number of anilines is 1. The zero-order valence-electron chi connectivity index (χ0n) is 12.9. The lowest BCUT2D eigenvalue weighted by Gasteiger charge is -2.32. The Bertz CT molecular complexity index is 380. The second-order valence-electron chi connectivity index (χ2n) is 5.10. The fourth-order valence-electron chi connectivity index (χ4n) is 2.57. The number of para-hydroxylation sites is 1. The van der Waals surface area contributed by atoms with Crippen LogP contribution in [0.2, 0.25) is 0 Å². The Morgan fingerprint density at radius 1 is 1.25 bits per heavy atom. The summed E-state index contributed by atoms with van der Waals surface area (Å²) in [7, 11) is 1.71. The summed E-state index contributed by atoms with van der Waals surface area (Å²) in [6, 6.07) is 7.97. The number of ether oxygens (including phenoxy) is 1. The van der Waals surface area contributed by atoms with Crippen LogP contribution in [0.15, 0.2) is 24.3 Å². The monoisotopic (exact) mass is 280 g/mol. The smallest absolute Gasteiger partial charge is 0.0936 e. The molecule has 1 rings (SSSR count). The van der Waals surface area contributed by atoms with Crippen molar-refractivity contribution in [1.82, 2.24) is 4.90 Å². The molecule has 0 aliphatic carbocycles. The molecule has 1 unspecified atom stereocenters. The van der Waals surface area contributed by atoms with E-state index in [1.807, 2.05) is 24.3 Å². The highest BCUT2D eigenvalue weighted by Crippen LogP contribution is 2.22. The molecule has 0 heterocycles. The standard InChI is InChI=1S/C16H28N2O2/c1-4-13(5-2)18(10-11-20-3)12-16(19)14-8-6-7-9-15(14)17/h6-9,13,16,19H,4-5,10-12,17H2,1-3H3. The summed E-state index contributed by atoms with van der Waals surface area (Å²) in [4.78, 5) is 2.29. The van der Waals surface area contributed by atoms with Crippen molar-refractivity contribution in [2.45, 2.75) is 38.8 Å². The average Bonchev–Trinajstić information content (AvgIpc) is 2.46. The lowest BCUT2D eigenvalue weighted by Crippen LogP contribution is -2.39. The van der Waals surface area contributed by atoms with Crippen LogP contribution in [-0.2, 0) is 4.74 Å². The summed E-state index contributed by atoms with van der Waals surface area (Å²) in [6.45, 7) is 6.44. The predicted molar refractivity (Wildman–Crippen MR) is 83.6 cm³/mol. The third-order valence-corrected chi connectivity index (χ3v) is 3.80. The fourth-order valence-corrected chi connectivity index (χ4v) is 2.57. The Balaban J connectivity index is 2.75. The lowest BCUT2D eigenvalue weighted by molar-refractivity contribution is 0.0611. The molecule has 20 heavy (non-hydrogen) atoms. The molecule has 0 fully saturated rings. The van der Waals surface area contributed by atoms with Crippen molar-refractivity contribution >= 4 is 5.69 Å². The molecule has 0 spiro atoms. The van der Waals surface area contributed by atoms with E-state index in [4.69, 9.17) is 10.5 Å². The van der Waals surface area contributed by atoms with E-state index >= 15 is 0 Å². The molecule has 0 amide bonds. The fraction of sp³-hybridized carbons (Fsp3) is 0.625. The van der Waals surface area contributed by atoms with Crippen molar-refractivity contribution in [2.24, 2.45) is 0 Å². The molecule has 0 aliphatic rings. The SMILES string of the molecule is CCC(CC)N(CCOC)CC(O)c1ccccc1N. The minimum atomic E-state index is -0.561. The Morgan fingerprint density at radius 3 is 2.45 bits per heavy atom. The van der Waals surface area contributed by atoms with E-state index in [9.17, 15) is 5.11 Å². The van der Waals surface area contributed by atoms with Crippen LogP contribution < -0.4 is 5.73 Å². The van der Waals surface area contributed by atoms with Gasteiger partial charge in [-0.05, 0) is 18.9 Å². The molecule has 0 aliphatic heterocycles. The summed E-state index contributed by atoms with van der Waals surface area (Å²) in [5.74, 6) is 0. The van der Waals surface area contributed by atoms with Crippen molar-refractivity contribution in [3.05, 3.63) is 29.8 Å². The molecule has 4 nitrogen and oxygen atoms in total.